The van der Waals surface area contributed by atoms with Gasteiger partial charge in [0.1, 0.15) is 0 Å². The van der Waals surface area contributed by atoms with E-state index in [0.29, 0.717) is 5.89 Å². The van der Waals surface area contributed by atoms with Crippen LogP contribution in [0, 0.1) is 6.92 Å². The number of hydrogen-bond acceptors (Lipinski definition) is 5. The van der Waals surface area contributed by atoms with Crippen molar-refractivity contribution < 1.29 is 4.42 Å². The highest BCUT2D eigenvalue weighted by atomic mass is 32.1. The number of nitrogens with zero attached hydrogens (tertiary/aromatic N) is 3. The topological polar surface area (TPSA) is 51.8 Å². The molecule has 4 nitrogen and oxygen atoms in total. The van der Waals surface area contributed by atoms with E-state index in [2.05, 4.69) is 15.2 Å². The maximum atomic E-state index is 4.96. The Kier molecular flexibility index (Phi) is 1.43. The molecule has 0 aromatic carbocycles. The molecule has 0 radical (unpaired) electrons. The second-order valence-electron chi connectivity index (χ2n) is 2.02. The third-order valence-corrected chi connectivity index (χ3v) is 2.07. The number of hydrogen-bond donors (Lipinski definition) is 0. The summed E-state index contributed by atoms with van der Waals surface area (Å²) in [5.41, 5.74) is 0. The summed E-state index contributed by atoms with van der Waals surface area (Å²) in [5, 5.41) is 8.07. The first-order chi connectivity index (χ1) is 5.36. The van der Waals surface area contributed by atoms with Crippen LogP contribution in [-0.2, 0) is 0 Å². The van der Waals surface area contributed by atoms with E-state index in [1.807, 2.05) is 6.92 Å². The van der Waals surface area contributed by atoms with Gasteiger partial charge in [-0.25, -0.2) is 4.98 Å². The van der Waals surface area contributed by atoms with Gasteiger partial charge in [-0.15, -0.1) is 21.5 Å². The molecule has 0 atom stereocenters. The van der Waals surface area contributed by atoms with Crippen molar-refractivity contribution in [3.8, 4) is 10.9 Å². The Hall–Kier alpha value is -1.23. The standard InChI is InChI=1S/C6H5N3OS/c1-4-2-7-6(11-4)5-9-8-3-10-5/h2-3H,1H3. The third-order valence-electron chi connectivity index (χ3n) is 1.16. The van der Waals surface area contributed by atoms with Crippen LogP contribution < -0.4 is 0 Å². The van der Waals surface area contributed by atoms with Gasteiger partial charge in [0.05, 0.1) is 0 Å². The van der Waals surface area contributed by atoms with E-state index in [-0.39, 0.29) is 0 Å². The molecule has 0 unspecified atom stereocenters. The van der Waals surface area contributed by atoms with E-state index in [0.717, 1.165) is 9.88 Å². The fraction of sp³-hybridized carbons (Fsp3) is 0.167. The van der Waals surface area contributed by atoms with Crippen molar-refractivity contribution in [1.29, 1.82) is 0 Å². The predicted octanol–water partition coefficient (Wildman–Crippen LogP) is 1.50. The quantitative estimate of drug-likeness (QED) is 0.645. The Morgan fingerprint density at radius 1 is 1.55 bits per heavy atom. The highest BCUT2D eigenvalue weighted by Gasteiger charge is 2.06. The van der Waals surface area contributed by atoms with Crippen molar-refractivity contribution in [2.24, 2.45) is 0 Å². The van der Waals surface area contributed by atoms with Gasteiger partial charge in [-0.2, -0.15) is 0 Å². The van der Waals surface area contributed by atoms with Crippen LogP contribution in [0.4, 0.5) is 0 Å². The summed E-state index contributed by atoms with van der Waals surface area (Å²) in [5.74, 6) is 0.489. The highest BCUT2D eigenvalue weighted by Crippen LogP contribution is 2.21. The van der Waals surface area contributed by atoms with Crippen molar-refractivity contribution >= 4 is 11.3 Å². The molecule has 2 rings (SSSR count). The lowest BCUT2D eigenvalue weighted by Crippen LogP contribution is -1.73. The maximum Gasteiger partial charge on any atom is 0.276 e. The van der Waals surface area contributed by atoms with Crippen LogP contribution in [0.25, 0.3) is 10.9 Å². The van der Waals surface area contributed by atoms with Gasteiger partial charge in [-0.1, -0.05) is 0 Å². The molecule has 0 amide bonds. The van der Waals surface area contributed by atoms with Crippen LogP contribution >= 0.6 is 11.3 Å². The zero-order valence-electron chi connectivity index (χ0n) is 5.81. The molecular weight excluding hydrogens is 162 g/mol. The minimum Gasteiger partial charge on any atom is -0.422 e. The Morgan fingerprint density at radius 3 is 3.00 bits per heavy atom. The lowest BCUT2D eigenvalue weighted by atomic mass is 10.6. The van der Waals surface area contributed by atoms with Crippen LogP contribution in [0.1, 0.15) is 4.88 Å². The van der Waals surface area contributed by atoms with Gasteiger partial charge in [0.2, 0.25) is 6.39 Å². The lowest BCUT2D eigenvalue weighted by molar-refractivity contribution is 0.568. The summed E-state index contributed by atoms with van der Waals surface area (Å²) >= 11 is 1.54. The minimum absolute atomic E-state index is 0.489. The molecule has 2 aromatic rings. The molecule has 0 bridgehead atoms. The number of aryl methyl sites for hydroxylation is 1. The lowest BCUT2D eigenvalue weighted by Gasteiger charge is -1.80. The van der Waals surface area contributed by atoms with Crippen LogP contribution in [0.2, 0.25) is 0 Å². The molecule has 0 aliphatic carbocycles. The van der Waals surface area contributed by atoms with Crippen molar-refractivity contribution in [1.82, 2.24) is 15.2 Å². The number of rotatable bonds is 1. The predicted molar refractivity (Wildman–Crippen MR) is 40.1 cm³/mol. The van der Waals surface area contributed by atoms with E-state index in [1.165, 1.54) is 17.7 Å². The Bertz CT molecular complexity index is 340. The second kappa shape index (κ2) is 2.43. The summed E-state index contributed by atoms with van der Waals surface area (Å²) in [4.78, 5) is 5.22. The molecular formula is C6H5N3OS. The molecule has 0 saturated carbocycles. The number of thiazole rings is 1. The summed E-state index contributed by atoms with van der Waals surface area (Å²) < 4.78 is 4.96. The summed E-state index contributed by atoms with van der Waals surface area (Å²) in [6.45, 7) is 1.98. The molecule has 2 heterocycles. The van der Waals surface area contributed by atoms with Crippen LogP contribution in [-0.4, -0.2) is 15.2 Å². The van der Waals surface area contributed by atoms with Crippen LogP contribution in [0.5, 0.6) is 0 Å². The van der Waals surface area contributed by atoms with Gasteiger partial charge in [-0.3, -0.25) is 0 Å². The molecule has 56 valence electrons. The van der Waals surface area contributed by atoms with Crippen molar-refractivity contribution in [3.05, 3.63) is 17.5 Å². The van der Waals surface area contributed by atoms with Crippen LogP contribution in [0.3, 0.4) is 0 Å². The first kappa shape index (κ1) is 6.48. The minimum atomic E-state index is 0.489. The van der Waals surface area contributed by atoms with Crippen molar-refractivity contribution in [2.75, 3.05) is 0 Å². The van der Waals surface area contributed by atoms with Gasteiger partial charge in [0.15, 0.2) is 5.01 Å². The van der Waals surface area contributed by atoms with Gasteiger partial charge < -0.3 is 4.42 Å². The van der Waals surface area contributed by atoms with E-state index in [4.69, 9.17) is 4.42 Å². The number of aromatic nitrogens is 3. The Labute approximate surface area is 66.9 Å². The average Bonchev–Trinajstić information content (AvgIpc) is 2.55. The summed E-state index contributed by atoms with van der Waals surface area (Å²) in [6.07, 6.45) is 3.08. The smallest absolute Gasteiger partial charge is 0.276 e. The van der Waals surface area contributed by atoms with Crippen LogP contribution in [0.15, 0.2) is 17.0 Å². The average molecular weight is 167 g/mol. The molecule has 0 aliphatic rings. The fourth-order valence-electron chi connectivity index (χ4n) is 0.720. The molecule has 0 saturated heterocycles. The van der Waals surface area contributed by atoms with E-state index in [1.54, 1.807) is 6.20 Å². The second-order valence-corrected chi connectivity index (χ2v) is 3.25. The summed E-state index contributed by atoms with van der Waals surface area (Å²) in [7, 11) is 0. The third kappa shape index (κ3) is 1.14. The van der Waals surface area contributed by atoms with E-state index >= 15 is 0 Å². The first-order valence-electron chi connectivity index (χ1n) is 3.05. The van der Waals surface area contributed by atoms with Gasteiger partial charge >= 0.3 is 0 Å². The zero-order valence-corrected chi connectivity index (χ0v) is 6.63. The highest BCUT2D eigenvalue weighted by molar-refractivity contribution is 7.14. The van der Waals surface area contributed by atoms with E-state index < -0.39 is 0 Å². The molecule has 11 heavy (non-hydrogen) atoms. The van der Waals surface area contributed by atoms with Gasteiger partial charge in [-0.05, 0) is 6.92 Å². The van der Waals surface area contributed by atoms with Gasteiger partial charge in [0, 0.05) is 11.1 Å². The largest absolute Gasteiger partial charge is 0.422 e. The monoisotopic (exact) mass is 167 g/mol. The normalized spacial score (nSPS) is 10.3. The molecule has 0 N–H and O–H groups in total. The zero-order chi connectivity index (χ0) is 7.68. The molecule has 0 fully saturated rings. The molecule has 5 heteroatoms. The van der Waals surface area contributed by atoms with E-state index in [9.17, 15) is 0 Å². The molecule has 0 aliphatic heterocycles. The summed E-state index contributed by atoms with van der Waals surface area (Å²) in [6, 6.07) is 0. The molecule has 0 spiro atoms. The van der Waals surface area contributed by atoms with Crippen molar-refractivity contribution in [2.45, 2.75) is 6.92 Å². The fourth-order valence-corrected chi connectivity index (χ4v) is 1.41. The SMILES string of the molecule is Cc1cnc(-c2nnco2)s1. The van der Waals surface area contributed by atoms with Gasteiger partial charge in [0.25, 0.3) is 5.89 Å². The maximum absolute atomic E-state index is 4.96. The Morgan fingerprint density at radius 2 is 2.45 bits per heavy atom. The molecule has 2 aromatic heterocycles. The van der Waals surface area contributed by atoms with Crippen molar-refractivity contribution in [3.63, 3.8) is 0 Å². The Balaban J connectivity index is 2.45. The first-order valence-corrected chi connectivity index (χ1v) is 3.87.